The number of benzene rings is 3. The largest absolute Gasteiger partial charge is 0.254 e. The molecule has 0 atom stereocenters. The molecule has 0 aliphatic carbocycles. The van der Waals surface area contributed by atoms with Crippen LogP contribution in [-0.2, 0) is 17.9 Å². The monoisotopic (exact) mass is 712 g/mol. The van der Waals surface area contributed by atoms with E-state index in [4.69, 9.17) is 0 Å². The van der Waals surface area contributed by atoms with Crippen molar-refractivity contribution in [2.45, 2.75) is 20.8 Å². The summed E-state index contributed by atoms with van der Waals surface area (Å²) in [7, 11) is 0. The van der Waals surface area contributed by atoms with Crippen LogP contribution in [0.25, 0.3) is 66.2 Å². The number of hydrogen-bond donors (Lipinski definition) is 0. The van der Waals surface area contributed by atoms with Gasteiger partial charge in [0.05, 0.1) is 22.1 Å². The molecule has 48 heavy (non-hydrogen) atoms. The summed E-state index contributed by atoms with van der Waals surface area (Å²) in [6.07, 6.45) is 17.4. The van der Waals surface area contributed by atoms with Crippen LogP contribution in [0.4, 0.5) is 0 Å². The van der Waals surface area contributed by atoms with Gasteiger partial charge in [-0.15, -0.1) is 12.1 Å². The Morgan fingerprint density at radius 2 is 0.875 bits per heavy atom. The average molecular weight is 712 g/mol. The maximum atomic E-state index is 4.53. The molecule has 8 aromatic rings. The molecule has 0 amide bonds. The molecule has 0 unspecified atom stereocenters. The van der Waals surface area contributed by atoms with Crippen LogP contribution in [0.2, 0.25) is 0 Å². The number of allylic oxidation sites excluding steroid dienone is 2. The zero-order valence-electron chi connectivity index (χ0n) is 27.2. The first kappa shape index (κ1) is 33.9. The van der Waals surface area contributed by atoms with Crippen LogP contribution < -0.4 is 10.4 Å². The first-order valence-corrected chi connectivity index (χ1v) is 16.8. The summed E-state index contributed by atoms with van der Waals surface area (Å²) in [6.45, 7) is 6.23. The van der Waals surface area contributed by atoms with Gasteiger partial charge in [-0.3, -0.25) is 24.9 Å². The van der Waals surface area contributed by atoms with Crippen molar-refractivity contribution >= 4 is 71.3 Å². The van der Waals surface area contributed by atoms with E-state index in [-0.39, 0.29) is 0 Å². The molecule has 6 heteroatoms. The van der Waals surface area contributed by atoms with E-state index in [0.717, 1.165) is 49.1 Å². The minimum Gasteiger partial charge on any atom is -0.254 e. The minimum atomic E-state index is 0.977. The fourth-order valence-electron chi connectivity index (χ4n) is 5.42. The van der Waals surface area contributed by atoms with Crippen LogP contribution in [0, 0.1) is 6.42 Å². The van der Waals surface area contributed by atoms with Crippen molar-refractivity contribution in [1.82, 2.24) is 24.9 Å². The summed E-state index contributed by atoms with van der Waals surface area (Å²) in [5, 5.41) is 11.4. The molecule has 5 nitrogen and oxygen atoms in total. The molecule has 237 valence electrons. The smallest absolute Gasteiger partial charge is 0.0964 e. The van der Waals surface area contributed by atoms with Gasteiger partial charge in [-0.1, -0.05) is 97.1 Å². The van der Waals surface area contributed by atoms with E-state index in [1.807, 2.05) is 49.5 Å². The van der Waals surface area contributed by atoms with Gasteiger partial charge in [0.1, 0.15) is 0 Å². The van der Waals surface area contributed by atoms with Crippen molar-refractivity contribution < 1.29 is 17.9 Å². The molecule has 0 bridgehead atoms. The van der Waals surface area contributed by atoms with Crippen LogP contribution in [0.5, 0.6) is 0 Å². The summed E-state index contributed by atoms with van der Waals surface area (Å²) < 4.78 is 0. The molecule has 0 fully saturated rings. The molecular formula is C42H36N5Ru. The van der Waals surface area contributed by atoms with Gasteiger partial charge < -0.3 is 0 Å². The van der Waals surface area contributed by atoms with Crippen LogP contribution in [0.1, 0.15) is 20.8 Å². The van der Waals surface area contributed by atoms with Crippen LogP contribution in [-0.4, -0.2) is 30.0 Å². The molecular weight excluding hydrogens is 676 g/mol. The van der Waals surface area contributed by atoms with Crippen molar-refractivity contribution in [3.63, 3.8) is 0 Å². The van der Waals surface area contributed by atoms with Crippen molar-refractivity contribution in [3.05, 3.63) is 157 Å². The molecule has 0 N–H and O–H groups in total. The van der Waals surface area contributed by atoms with Gasteiger partial charge in [-0.25, -0.2) is 12.0 Å². The summed E-state index contributed by atoms with van der Waals surface area (Å²) in [4.78, 5) is 21.9. The average Bonchev–Trinajstić information content (AvgIpc) is 3.17. The predicted molar refractivity (Wildman–Crippen MR) is 201 cm³/mol. The van der Waals surface area contributed by atoms with E-state index in [0.29, 0.717) is 0 Å². The first-order valence-electron chi connectivity index (χ1n) is 15.6. The summed E-state index contributed by atoms with van der Waals surface area (Å²) >= 11 is 2.10. The summed E-state index contributed by atoms with van der Waals surface area (Å²) in [5.41, 5.74) is 6.24. The quantitative estimate of drug-likeness (QED) is 0.102. The standard InChI is InChI=1S/C17H18N.2C12H8N2.CH2.Ru/c1-4-6-8-14-10-11-15-9-7-12-18-17(15)16(14)13(3)5-2;2*1-3-9-5-6-10-4-2-8-14-12(10)11(9)13-7-1;;/h4-12H,1-3H3;2*1-8H;1H2;/q-1;;;;+1/b6-4-,14-8-,16-13?;;;;. The van der Waals surface area contributed by atoms with Crippen molar-refractivity contribution in [3.8, 4) is 0 Å². The van der Waals surface area contributed by atoms with E-state index >= 15 is 0 Å². The van der Waals surface area contributed by atoms with Gasteiger partial charge in [0.15, 0.2) is 0 Å². The molecule has 3 aromatic carbocycles. The maximum Gasteiger partial charge on any atom is 0.0964 e. The molecule has 0 spiro atoms. The van der Waals surface area contributed by atoms with Gasteiger partial charge in [0, 0.05) is 52.5 Å². The topological polar surface area (TPSA) is 64.5 Å². The van der Waals surface area contributed by atoms with Crippen molar-refractivity contribution in [2.24, 2.45) is 0 Å². The predicted octanol–water partition coefficient (Wildman–Crippen LogP) is 8.52. The van der Waals surface area contributed by atoms with Gasteiger partial charge in [-0.2, -0.15) is 0 Å². The Morgan fingerprint density at radius 1 is 0.542 bits per heavy atom. The molecule has 0 radical (unpaired) electrons. The van der Waals surface area contributed by atoms with Gasteiger partial charge in [-0.05, 0) is 48.2 Å². The van der Waals surface area contributed by atoms with Gasteiger partial charge in [0.25, 0.3) is 0 Å². The second kappa shape index (κ2) is 16.9. The van der Waals surface area contributed by atoms with Crippen LogP contribution in [0.3, 0.4) is 0 Å². The molecule has 5 aromatic heterocycles. The Morgan fingerprint density at radius 3 is 1.23 bits per heavy atom. The third-order valence-electron chi connectivity index (χ3n) is 7.79. The Balaban J connectivity index is 0.000000138. The molecule has 0 saturated carbocycles. The van der Waals surface area contributed by atoms with E-state index in [2.05, 4.69) is 147 Å². The minimum absolute atomic E-state index is 0.977. The third kappa shape index (κ3) is 7.74. The van der Waals surface area contributed by atoms with Crippen molar-refractivity contribution in [1.29, 1.82) is 0 Å². The molecule has 8 rings (SSSR count). The first-order chi connectivity index (χ1) is 23.7. The van der Waals surface area contributed by atoms with Crippen molar-refractivity contribution in [2.75, 3.05) is 0 Å². The Labute approximate surface area is 290 Å². The maximum absolute atomic E-state index is 4.53. The van der Waals surface area contributed by atoms with E-state index in [1.54, 1.807) is 24.8 Å². The molecule has 0 aliphatic heterocycles. The molecule has 0 saturated heterocycles. The SMILES string of the molecule is C/C=C\C=c1\ccc2cccnc2c1=C(C)[CH-]C.[CH2]=[Ru+].c1cnc2c(c1)ccc1cccnc12.c1cnc2c(c1)ccc1cccnc12. The second-order valence-electron chi connectivity index (χ2n) is 10.7. The number of aromatic nitrogens is 5. The number of hydrogen-bond acceptors (Lipinski definition) is 5. The van der Waals surface area contributed by atoms with Gasteiger partial charge in [0.2, 0.25) is 0 Å². The van der Waals surface area contributed by atoms with E-state index in [9.17, 15) is 0 Å². The van der Waals surface area contributed by atoms with Crippen LogP contribution in [0.15, 0.2) is 140 Å². The third-order valence-corrected chi connectivity index (χ3v) is 7.79. The summed E-state index contributed by atoms with van der Waals surface area (Å²) in [5.74, 6) is 0. The number of pyridine rings is 5. The summed E-state index contributed by atoms with van der Waals surface area (Å²) in [6, 6.07) is 32.6. The fourth-order valence-corrected chi connectivity index (χ4v) is 5.42. The fraction of sp³-hybridized carbons (Fsp3) is 0.0714. The molecule has 0 aliphatic rings. The number of nitrogens with zero attached hydrogens (tertiary/aromatic N) is 5. The number of fused-ring (bicyclic) bond motifs is 7. The van der Waals surface area contributed by atoms with E-state index in [1.165, 1.54) is 21.4 Å². The second-order valence-corrected chi connectivity index (χ2v) is 10.7. The zero-order valence-corrected chi connectivity index (χ0v) is 29.0. The Kier molecular flexibility index (Phi) is 12.0. The Bertz CT molecular complexity index is 2250. The Hall–Kier alpha value is -5.45. The zero-order chi connectivity index (χ0) is 33.7. The molecule has 5 heterocycles. The van der Waals surface area contributed by atoms with E-state index < -0.39 is 0 Å². The normalized spacial score (nSPS) is 11.8. The van der Waals surface area contributed by atoms with Crippen LogP contribution >= 0.6 is 0 Å². The number of rotatable bonds is 2. The van der Waals surface area contributed by atoms with Gasteiger partial charge >= 0.3 is 23.0 Å².